The van der Waals surface area contributed by atoms with Crippen molar-refractivity contribution in [1.29, 1.82) is 0 Å². The maximum absolute atomic E-state index is 14.3. The largest absolute Gasteiger partial charge is 0.489 e. The van der Waals surface area contributed by atoms with Crippen LogP contribution in [0.25, 0.3) is 0 Å². The Bertz CT molecular complexity index is 675. The van der Waals surface area contributed by atoms with Crippen molar-refractivity contribution in [1.82, 2.24) is 21.3 Å². The number of benzene rings is 1. The average molecular weight is 453 g/mol. The first-order chi connectivity index (χ1) is 15.4. The van der Waals surface area contributed by atoms with Gasteiger partial charge < -0.3 is 26.0 Å². The fraction of sp³-hybridized carbons (Fsp3) is 0.667. The normalized spacial score (nSPS) is 13.8. The monoisotopic (exact) mass is 452 g/mol. The molecule has 2 amide bonds. The third kappa shape index (κ3) is 11.4. The number of carbonyl (C=O) groups is 2. The number of rotatable bonds is 18. The molecule has 1 aromatic carbocycles. The van der Waals surface area contributed by atoms with Gasteiger partial charge in [0.25, 0.3) is 0 Å². The highest BCUT2D eigenvalue weighted by Crippen LogP contribution is 2.24. The second-order valence-corrected chi connectivity index (χ2v) is 8.27. The smallest absolute Gasteiger partial charge is 0.234 e. The maximum Gasteiger partial charge on any atom is 0.234 e. The molecule has 3 atom stereocenters. The van der Waals surface area contributed by atoms with Crippen LogP contribution in [0.3, 0.4) is 0 Å². The Labute approximate surface area is 192 Å². The average Bonchev–Trinajstić information content (AvgIpc) is 2.76. The zero-order valence-electron chi connectivity index (χ0n) is 20.0. The third-order valence-electron chi connectivity index (χ3n) is 5.26. The van der Waals surface area contributed by atoms with Gasteiger partial charge in [-0.15, -0.1) is 0 Å². The number of amides is 2. The standard InChI is InChI=1S/C24H41FN4O3/c1-5-9-18(3)29-23(31)15-28-21(6-2)14-27-19(4)16-32-24-20(10-7-12-22(24)25)11-8-13-26-17-30/h7,10,12,17-19,21,27-28H,5-6,8-9,11,13-16H2,1-4H3,(H,26,30)(H,29,31)/t18?,19-,21?/m0/s1. The molecule has 0 spiro atoms. The Morgan fingerprint density at radius 3 is 2.66 bits per heavy atom. The zero-order chi connectivity index (χ0) is 23.8. The second-order valence-electron chi connectivity index (χ2n) is 8.27. The first kappa shape index (κ1) is 27.8. The van der Waals surface area contributed by atoms with Gasteiger partial charge in [-0.25, -0.2) is 4.39 Å². The van der Waals surface area contributed by atoms with Crippen molar-refractivity contribution in [2.45, 2.75) is 77.9 Å². The highest BCUT2D eigenvalue weighted by Gasteiger charge is 2.14. The number of aryl methyl sites for hydroxylation is 1. The summed E-state index contributed by atoms with van der Waals surface area (Å²) in [4.78, 5) is 22.4. The molecule has 0 aromatic heterocycles. The topological polar surface area (TPSA) is 91.5 Å². The Balaban J connectivity index is 2.42. The lowest BCUT2D eigenvalue weighted by Crippen LogP contribution is -2.47. The van der Waals surface area contributed by atoms with E-state index >= 15 is 0 Å². The molecule has 0 aliphatic carbocycles. The van der Waals surface area contributed by atoms with E-state index < -0.39 is 0 Å². The van der Waals surface area contributed by atoms with E-state index in [0.29, 0.717) is 38.9 Å². The lowest BCUT2D eigenvalue weighted by Gasteiger charge is -2.22. The first-order valence-corrected chi connectivity index (χ1v) is 11.7. The summed E-state index contributed by atoms with van der Waals surface area (Å²) in [5.41, 5.74) is 0.793. The predicted molar refractivity (Wildman–Crippen MR) is 126 cm³/mol. The molecule has 32 heavy (non-hydrogen) atoms. The van der Waals surface area contributed by atoms with E-state index in [4.69, 9.17) is 4.74 Å². The Hall–Kier alpha value is -2.19. The van der Waals surface area contributed by atoms with Crippen molar-refractivity contribution in [2.24, 2.45) is 0 Å². The van der Waals surface area contributed by atoms with Crippen LogP contribution in [0.1, 0.15) is 58.9 Å². The van der Waals surface area contributed by atoms with Crippen LogP contribution in [0, 0.1) is 5.82 Å². The van der Waals surface area contributed by atoms with Gasteiger partial charge in [-0.05, 0) is 51.2 Å². The molecule has 0 aliphatic rings. The van der Waals surface area contributed by atoms with Crippen LogP contribution in [0.2, 0.25) is 0 Å². The summed E-state index contributed by atoms with van der Waals surface area (Å²) in [6.45, 7) is 10.0. The number of halogens is 1. The molecule has 182 valence electrons. The molecule has 0 saturated heterocycles. The minimum atomic E-state index is -0.380. The van der Waals surface area contributed by atoms with Gasteiger partial charge in [-0.2, -0.15) is 0 Å². The third-order valence-corrected chi connectivity index (χ3v) is 5.26. The van der Waals surface area contributed by atoms with E-state index in [-0.39, 0.29) is 42.1 Å². The molecule has 4 N–H and O–H groups in total. The molecule has 1 rings (SSSR count). The van der Waals surface area contributed by atoms with Gasteiger partial charge in [0, 0.05) is 31.2 Å². The molecule has 1 aromatic rings. The summed E-state index contributed by atoms with van der Waals surface area (Å²) in [7, 11) is 0. The summed E-state index contributed by atoms with van der Waals surface area (Å²) in [6, 6.07) is 5.26. The van der Waals surface area contributed by atoms with Crippen LogP contribution in [0.5, 0.6) is 5.75 Å². The number of ether oxygens (including phenoxy) is 1. The van der Waals surface area contributed by atoms with Crippen molar-refractivity contribution >= 4 is 12.3 Å². The molecule has 7 nitrogen and oxygen atoms in total. The van der Waals surface area contributed by atoms with E-state index in [1.54, 1.807) is 6.07 Å². The van der Waals surface area contributed by atoms with E-state index in [1.165, 1.54) is 6.07 Å². The van der Waals surface area contributed by atoms with Gasteiger partial charge in [0.15, 0.2) is 11.6 Å². The lowest BCUT2D eigenvalue weighted by molar-refractivity contribution is -0.121. The fourth-order valence-corrected chi connectivity index (χ4v) is 3.39. The van der Waals surface area contributed by atoms with Crippen LogP contribution in [-0.2, 0) is 16.0 Å². The summed E-state index contributed by atoms with van der Waals surface area (Å²) < 4.78 is 20.1. The van der Waals surface area contributed by atoms with Crippen molar-refractivity contribution in [2.75, 3.05) is 26.2 Å². The Kier molecular flexibility index (Phi) is 14.3. The quantitative estimate of drug-likeness (QED) is 0.203. The van der Waals surface area contributed by atoms with Gasteiger partial charge in [0.2, 0.25) is 12.3 Å². The minimum absolute atomic E-state index is 0.00781. The number of carbonyl (C=O) groups excluding carboxylic acids is 2. The molecular formula is C24H41FN4O3. The summed E-state index contributed by atoms with van der Waals surface area (Å²) in [5, 5.41) is 12.3. The van der Waals surface area contributed by atoms with Gasteiger partial charge in [0.05, 0.1) is 6.54 Å². The van der Waals surface area contributed by atoms with Crippen molar-refractivity contribution in [3.8, 4) is 5.75 Å². The van der Waals surface area contributed by atoms with Gasteiger partial charge in [-0.1, -0.05) is 32.4 Å². The maximum atomic E-state index is 14.3. The van der Waals surface area contributed by atoms with Crippen LogP contribution in [0.15, 0.2) is 18.2 Å². The molecule has 0 radical (unpaired) electrons. The Morgan fingerprint density at radius 1 is 1.19 bits per heavy atom. The SMILES string of the molecule is CCCC(C)NC(=O)CNC(CC)CN[C@@H](C)COc1c(F)cccc1CCCNC=O. The van der Waals surface area contributed by atoms with E-state index in [0.717, 1.165) is 24.8 Å². The molecule has 0 aliphatic heterocycles. The predicted octanol–water partition coefficient (Wildman–Crippen LogP) is 2.53. The van der Waals surface area contributed by atoms with E-state index in [2.05, 4.69) is 35.1 Å². The van der Waals surface area contributed by atoms with Crippen LogP contribution >= 0.6 is 0 Å². The summed E-state index contributed by atoms with van der Waals surface area (Å²) >= 11 is 0. The second kappa shape index (κ2) is 16.4. The molecule has 0 bridgehead atoms. The molecule has 0 fully saturated rings. The molecular weight excluding hydrogens is 411 g/mol. The highest BCUT2D eigenvalue weighted by atomic mass is 19.1. The van der Waals surface area contributed by atoms with Crippen molar-refractivity contribution in [3.63, 3.8) is 0 Å². The van der Waals surface area contributed by atoms with Crippen molar-refractivity contribution in [3.05, 3.63) is 29.6 Å². The van der Waals surface area contributed by atoms with E-state index in [9.17, 15) is 14.0 Å². The van der Waals surface area contributed by atoms with Crippen LogP contribution < -0.4 is 26.0 Å². The Morgan fingerprint density at radius 2 is 1.97 bits per heavy atom. The van der Waals surface area contributed by atoms with Crippen molar-refractivity contribution < 1.29 is 18.7 Å². The van der Waals surface area contributed by atoms with Crippen LogP contribution in [0.4, 0.5) is 4.39 Å². The van der Waals surface area contributed by atoms with Gasteiger partial charge in [0.1, 0.15) is 6.61 Å². The fourth-order valence-electron chi connectivity index (χ4n) is 3.39. The number of hydrogen-bond acceptors (Lipinski definition) is 5. The van der Waals surface area contributed by atoms with Gasteiger partial charge in [-0.3, -0.25) is 9.59 Å². The minimum Gasteiger partial charge on any atom is -0.489 e. The van der Waals surface area contributed by atoms with E-state index in [1.807, 2.05) is 19.9 Å². The highest BCUT2D eigenvalue weighted by molar-refractivity contribution is 5.78. The lowest BCUT2D eigenvalue weighted by atomic mass is 10.1. The summed E-state index contributed by atoms with van der Waals surface area (Å²) in [6.07, 6.45) is 4.89. The molecule has 2 unspecified atom stereocenters. The number of hydrogen-bond donors (Lipinski definition) is 4. The van der Waals surface area contributed by atoms with Crippen LogP contribution in [-0.4, -0.2) is 56.7 Å². The number of nitrogens with one attached hydrogen (secondary N) is 4. The zero-order valence-corrected chi connectivity index (χ0v) is 20.0. The molecule has 0 heterocycles. The first-order valence-electron chi connectivity index (χ1n) is 11.7. The summed E-state index contributed by atoms with van der Waals surface area (Å²) in [5.74, 6) is -0.0963. The number of para-hydroxylation sites is 1. The molecule has 0 saturated carbocycles. The molecule has 8 heteroatoms. The van der Waals surface area contributed by atoms with Gasteiger partial charge >= 0.3 is 0 Å².